The van der Waals surface area contributed by atoms with Gasteiger partial charge >= 0.3 is 0 Å². The molecule has 0 atom stereocenters. The van der Waals surface area contributed by atoms with Gasteiger partial charge in [0, 0.05) is 18.0 Å². The van der Waals surface area contributed by atoms with Gasteiger partial charge in [0.05, 0.1) is 11.5 Å². The summed E-state index contributed by atoms with van der Waals surface area (Å²) in [5, 5.41) is 11.9. The van der Waals surface area contributed by atoms with Crippen molar-refractivity contribution >= 4 is 35.1 Å². The molecule has 0 aliphatic heterocycles. The molecular formula is C21H21FN4OS2. The molecule has 29 heavy (non-hydrogen) atoms. The van der Waals surface area contributed by atoms with Crippen LogP contribution in [-0.2, 0) is 22.8 Å². The minimum absolute atomic E-state index is 0.184. The summed E-state index contributed by atoms with van der Waals surface area (Å²) in [5.41, 5.74) is 1.82. The van der Waals surface area contributed by atoms with Gasteiger partial charge in [0.15, 0.2) is 5.16 Å². The van der Waals surface area contributed by atoms with Gasteiger partial charge in [-0.15, -0.1) is 28.5 Å². The van der Waals surface area contributed by atoms with Crippen molar-refractivity contribution in [2.24, 2.45) is 0 Å². The van der Waals surface area contributed by atoms with Gasteiger partial charge in [-0.05, 0) is 29.8 Å². The number of nitrogens with one attached hydrogen (secondary N) is 1. The van der Waals surface area contributed by atoms with Gasteiger partial charge in [0.2, 0.25) is 5.91 Å². The maximum atomic E-state index is 13.0. The average Bonchev–Trinajstić information content (AvgIpc) is 3.11. The molecule has 0 fully saturated rings. The lowest BCUT2D eigenvalue weighted by Crippen LogP contribution is -2.14. The molecule has 150 valence electrons. The summed E-state index contributed by atoms with van der Waals surface area (Å²) >= 11 is 3.08. The summed E-state index contributed by atoms with van der Waals surface area (Å²) in [7, 11) is 0. The Labute approximate surface area is 177 Å². The van der Waals surface area contributed by atoms with Crippen LogP contribution in [0.1, 0.15) is 11.4 Å². The van der Waals surface area contributed by atoms with Crippen molar-refractivity contribution in [2.75, 3.05) is 11.1 Å². The standard InChI is InChI=1S/C21H21FN4OS2/c1-2-12-26-19(14-28-13-16-6-4-3-5-7-16)24-25-21(26)29-15-20(27)23-18-10-8-17(22)9-11-18/h2-11H,1,12-15H2,(H,23,27). The molecule has 1 amide bonds. The van der Waals surface area contributed by atoms with Crippen molar-refractivity contribution in [3.05, 3.63) is 84.5 Å². The van der Waals surface area contributed by atoms with Crippen LogP contribution in [0.2, 0.25) is 0 Å². The molecule has 2 aromatic carbocycles. The topological polar surface area (TPSA) is 59.8 Å². The lowest BCUT2D eigenvalue weighted by Gasteiger charge is -2.08. The summed E-state index contributed by atoms with van der Waals surface area (Å²) in [4.78, 5) is 12.2. The zero-order chi connectivity index (χ0) is 20.5. The number of halogens is 1. The van der Waals surface area contributed by atoms with Crippen LogP contribution in [0.15, 0.2) is 72.4 Å². The maximum Gasteiger partial charge on any atom is 0.234 e. The number of aromatic nitrogens is 3. The third-order valence-corrected chi connectivity index (χ3v) is 5.87. The molecule has 0 aliphatic rings. The molecule has 3 rings (SSSR count). The first-order valence-electron chi connectivity index (χ1n) is 8.98. The molecule has 0 saturated carbocycles. The molecule has 1 heterocycles. The number of amides is 1. The summed E-state index contributed by atoms with van der Waals surface area (Å²) in [6.45, 7) is 4.38. The first-order chi connectivity index (χ1) is 14.2. The molecule has 0 aliphatic carbocycles. The zero-order valence-electron chi connectivity index (χ0n) is 15.8. The van der Waals surface area contributed by atoms with Crippen LogP contribution in [0.3, 0.4) is 0 Å². The van der Waals surface area contributed by atoms with E-state index in [0.717, 1.165) is 17.3 Å². The van der Waals surface area contributed by atoms with E-state index in [1.54, 1.807) is 17.8 Å². The number of anilines is 1. The second kappa shape index (κ2) is 10.8. The van der Waals surface area contributed by atoms with Gasteiger partial charge in [-0.2, -0.15) is 0 Å². The van der Waals surface area contributed by atoms with Crippen LogP contribution in [0.25, 0.3) is 0 Å². The molecule has 0 radical (unpaired) electrons. The molecule has 1 N–H and O–H groups in total. The van der Waals surface area contributed by atoms with E-state index in [9.17, 15) is 9.18 Å². The number of carbonyl (C=O) groups is 1. The first kappa shape index (κ1) is 21.1. The van der Waals surface area contributed by atoms with Crippen molar-refractivity contribution in [1.29, 1.82) is 0 Å². The lowest BCUT2D eigenvalue weighted by molar-refractivity contribution is -0.113. The van der Waals surface area contributed by atoms with Crippen molar-refractivity contribution in [1.82, 2.24) is 14.8 Å². The van der Waals surface area contributed by atoms with Crippen LogP contribution < -0.4 is 5.32 Å². The third kappa shape index (κ3) is 6.47. The second-order valence-electron chi connectivity index (χ2n) is 6.12. The Morgan fingerprint density at radius 3 is 2.59 bits per heavy atom. The highest BCUT2D eigenvalue weighted by molar-refractivity contribution is 7.99. The van der Waals surface area contributed by atoms with Crippen molar-refractivity contribution in [2.45, 2.75) is 23.2 Å². The predicted octanol–water partition coefficient (Wildman–Crippen LogP) is 4.77. The molecule has 0 bridgehead atoms. The van der Waals surface area contributed by atoms with E-state index in [1.165, 1.54) is 41.6 Å². The summed E-state index contributed by atoms with van der Waals surface area (Å²) in [6.07, 6.45) is 1.79. The minimum Gasteiger partial charge on any atom is -0.325 e. The molecule has 0 spiro atoms. The Balaban J connectivity index is 1.55. The van der Waals surface area contributed by atoms with E-state index in [2.05, 4.69) is 34.2 Å². The highest BCUT2D eigenvalue weighted by atomic mass is 32.2. The quantitative estimate of drug-likeness (QED) is 0.372. The van der Waals surface area contributed by atoms with Gasteiger partial charge < -0.3 is 9.88 Å². The highest BCUT2D eigenvalue weighted by Gasteiger charge is 2.14. The summed E-state index contributed by atoms with van der Waals surface area (Å²) < 4.78 is 14.9. The van der Waals surface area contributed by atoms with Crippen LogP contribution in [0, 0.1) is 5.82 Å². The molecule has 0 unspecified atom stereocenters. The zero-order valence-corrected chi connectivity index (χ0v) is 17.4. The van der Waals surface area contributed by atoms with E-state index in [0.29, 0.717) is 17.4 Å². The predicted molar refractivity (Wildman–Crippen MR) is 117 cm³/mol. The van der Waals surface area contributed by atoms with Gasteiger partial charge in [0.1, 0.15) is 11.6 Å². The summed E-state index contributed by atoms with van der Waals surface area (Å²) in [5.74, 6) is 2.13. The first-order valence-corrected chi connectivity index (χ1v) is 11.1. The number of allylic oxidation sites excluding steroid dienone is 1. The number of carbonyl (C=O) groups excluding carboxylic acids is 1. The molecular weight excluding hydrogens is 407 g/mol. The molecule has 3 aromatic rings. The Hall–Kier alpha value is -2.58. The van der Waals surface area contributed by atoms with Gasteiger partial charge in [-0.25, -0.2) is 4.39 Å². The number of benzene rings is 2. The number of hydrogen-bond acceptors (Lipinski definition) is 5. The van der Waals surface area contributed by atoms with Crippen molar-refractivity contribution in [3.63, 3.8) is 0 Å². The number of thioether (sulfide) groups is 2. The van der Waals surface area contributed by atoms with Crippen molar-refractivity contribution in [3.8, 4) is 0 Å². The average molecular weight is 429 g/mol. The normalized spacial score (nSPS) is 10.7. The third-order valence-electron chi connectivity index (χ3n) is 3.91. The van der Waals surface area contributed by atoms with E-state index in [1.807, 2.05) is 22.8 Å². The van der Waals surface area contributed by atoms with E-state index < -0.39 is 0 Å². The fourth-order valence-electron chi connectivity index (χ4n) is 2.54. The smallest absolute Gasteiger partial charge is 0.234 e. The highest BCUT2D eigenvalue weighted by Crippen LogP contribution is 2.22. The minimum atomic E-state index is -0.340. The Morgan fingerprint density at radius 1 is 1.10 bits per heavy atom. The summed E-state index contributed by atoms with van der Waals surface area (Å²) in [6, 6.07) is 15.9. The van der Waals surface area contributed by atoms with E-state index in [-0.39, 0.29) is 17.5 Å². The maximum absolute atomic E-state index is 13.0. The van der Waals surface area contributed by atoms with Crippen molar-refractivity contribution < 1.29 is 9.18 Å². The SMILES string of the molecule is C=CCn1c(CSCc2ccccc2)nnc1SCC(=O)Nc1ccc(F)cc1. The number of nitrogens with zero attached hydrogens (tertiary/aromatic N) is 3. The lowest BCUT2D eigenvalue weighted by atomic mass is 10.2. The van der Waals surface area contributed by atoms with Gasteiger partial charge in [0.25, 0.3) is 0 Å². The van der Waals surface area contributed by atoms with E-state index in [4.69, 9.17) is 0 Å². The number of hydrogen-bond donors (Lipinski definition) is 1. The monoisotopic (exact) mass is 428 g/mol. The van der Waals surface area contributed by atoms with Gasteiger partial charge in [-0.1, -0.05) is 48.2 Å². The van der Waals surface area contributed by atoms with Gasteiger partial charge in [-0.3, -0.25) is 4.79 Å². The Morgan fingerprint density at radius 2 is 1.86 bits per heavy atom. The van der Waals surface area contributed by atoms with Crippen LogP contribution in [-0.4, -0.2) is 26.4 Å². The van der Waals surface area contributed by atoms with Crippen LogP contribution in [0.5, 0.6) is 0 Å². The van der Waals surface area contributed by atoms with E-state index >= 15 is 0 Å². The molecule has 1 aromatic heterocycles. The number of rotatable bonds is 10. The Bertz CT molecular complexity index is 945. The molecule has 0 saturated heterocycles. The fraction of sp³-hybridized carbons (Fsp3) is 0.190. The van der Waals surface area contributed by atoms with Crippen LogP contribution in [0.4, 0.5) is 10.1 Å². The molecule has 8 heteroatoms. The second-order valence-corrected chi connectivity index (χ2v) is 8.05. The largest absolute Gasteiger partial charge is 0.325 e. The molecule has 5 nitrogen and oxygen atoms in total. The Kier molecular flexibility index (Phi) is 7.89. The van der Waals surface area contributed by atoms with Crippen LogP contribution >= 0.6 is 23.5 Å². The fourth-order valence-corrected chi connectivity index (χ4v) is 4.23.